The summed E-state index contributed by atoms with van der Waals surface area (Å²) in [5.41, 5.74) is 1.58. The van der Waals surface area contributed by atoms with Crippen LogP contribution < -0.4 is 4.74 Å². The van der Waals surface area contributed by atoms with Gasteiger partial charge in [-0.3, -0.25) is 9.69 Å². The smallest absolute Gasteiger partial charge is 0.317 e. The minimum absolute atomic E-state index is 0.00914. The Morgan fingerprint density at radius 3 is 2.23 bits per heavy atom. The minimum atomic E-state index is -3.57. The van der Waals surface area contributed by atoms with Crippen LogP contribution in [0.5, 0.6) is 5.75 Å². The number of benzene rings is 1. The number of carboxylic acid groups (broad SMARTS) is 1. The van der Waals surface area contributed by atoms with Crippen LogP contribution in [0.3, 0.4) is 0 Å². The number of carboxylic acids is 1. The van der Waals surface area contributed by atoms with Gasteiger partial charge in [-0.15, -0.1) is 0 Å². The van der Waals surface area contributed by atoms with Gasteiger partial charge in [-0.25, -0.2) is 8.42 Å². The van der Waals surface area contributed by atoms with Crippen molar-refractivity contribution in [2.24, 2.45) is 0 Å². The van der Waals surface area contributed by atoms with Crippen molar-refractivity contribution in [3.63, 3.8) is 0 Å². The van der Waals surface area contributed by atoms with Gasteiger partial charge >= 0.3 is 5.97 Å². The van der Waals surface area contributed by atoms with E-state index >= 15 is 0 Å². The zero-order chi connectivity index (χ0) is 19.5. The van der Waals surface area contributed by atoms with E-state index in [0.717, 1.165) is 11.1 Å². The fraction of sp³-hybridized carbons (Fsp3) is 0.611. The number of sulfonamides is 1. The van der Waals surface area contributed by atoms with Gasteiger partial charge in [0.15, 0.2) is 0 Å². The lowest BCUT2D eigenvalue weighted by molar-refractivity contribution is -0.139. The van der Waals surface area contributed by atoms with Crippen LogP contribution in [0.4, 0.5) is 0 Å². The fourth-order valence-corrected chi connectivity index (χ4v) is 5.29. The van der Waals surface area contributed by atoms with Crippen LogP contribution in [0.25, 0.3) is 0 Å². The summed E-state index contributed by atoms with van der Waals surface area (Å²) in [7, 11) is -1.99. The van der Waals surface area contributed by atoms with Gasteiger partial charge in [0.1, 0.15) is 5.75 Å². The number of methoxy groups -OCH3 is 1. The summed E-state index contributed by atoms with van der Waals surface area (Å²) in [4.78, 5) is 13.2. The standard InChI is InChI=1S/C18H28N2O5S/c1-5-19(12-17(21)22)15-6-8-20(9-7-15)26(23,24)16-10-13(2)18(25-4)14(3)11-16/h10-11,15H,5-9,12H2,1-4H3,(H,21,22). The molecule has 1 heterocycles. The summed E-state index contributed by atoms with van der Waals surface area (Å²) in [5.74, 6) is -0.152. The second-order valence-corrected chi connectivity index (χ2v) is 8.62. The Kier molecular flexibility index (Phi) is 6.65. The van der Waals surface area contributed by atoms with Crippen LogP contribution in [-0.4, -0.2) is 68.0 Å². The molecule has 1 aromatic rings. The Morgan fingerprint density at radius 2 is 1.81 bits per heavy atom. The van der Waals surface area contributed by atoms with Gasteiger partial charge in [0.25, 0.3) is 0 Å². The molecule has 0 spiro atoms. The van der Waals surface area contributed by atoms with Crippen LogP contribution in [0.2, 0.25) is 0 Å². The van der Waals surface area contributed by atoms with Crippen LogP contribution in [0.1, 0.15) is 30.9 Å². The molecule has 1 aliphatic heterocycles. The second kappa shape index (κ2) is 8.37. The molecular weight excluding hydrogens is 356 g/mol. The van der Waals surface area contributed by atoms with Crippen LogP contribution >= 0.6 is 0 Å². The molecule has 0 aromatic heterocycles. The third kappa shape index (κ3) is 4.36. The van der Waals surface area contributed by atoms with Crippen molar-refractivity contribution in [2.75, 3.05) is 33.3 Å². The SMILES string of the molecule is CCN(CC(=O)O)C1CCN(S(=O)(=O)c2cc(C)c(OC)c(C)c2)CC1. The van der Waals surface area contributed by atoms with E-state index in [1.807, 2.05) is 25.7 Å². The molecule has 8 heteroatoms. The zero-order valence-corrected chi connectivity index (χ0v) is 16.7. The molecule has 0 aliphatic carbocycles. The molecule has 1 aromatic carbocycles. The van der Waals surface area contributed by atoms with Crippen LogP contribution in [0.15, 0.2) is 17.0 Å². The molecule has 0 unspecified atom stereocenters. The van der Waals surface area contributed by atoms with Gasteiger partial charge in [0.2, 0.25) is 10.0 Å². The molecule has 1 aliphatic rings. The van der Waals surface area contributed by atoms with Crippen molar-refractivity contribution in [3.05, 3.63) is 23.3 Å². The summed E-state index contributed by atoms with van der Waals surface area (Å²) >= 11 is 0. The Balaban J connectivity index is 2.14. The van der Waals surface area contributed by atoms with Crippen LogP contribution in [0, 0.1) is 13.8 Å². The van der Waals surface area contributed by atoms with Crippen LogP contribution in [-0.2, 0) is 14.8 Å². The quantitative estimate of drug-likeness (QED) is 0.772. The van der Waals surface area contributed by atoms with Gasteiger partial charge in [-0.1, -0.05) is 6.92 Å². The number of hydrogen-bond donors (Lipinski definition) is 1. The summed E-state index contributed by atoms with van der Waals surface area (Å²) in [6, 6.07) is 3.40. The number of piperidine rings is 1. The lowest BCUT2D eigenvalue weighted by Gasteiger charge is -2.36. The summed E-state index contributed by atoms with van der Waals surface area (Å²) in [5, 5.41) is 9.01. The second-order valence-electron chi connectivity index (χ2n) is 6.68. The predicted octanol–water partition coefficient (Wildman–Crippen LogP) is 1.87. The number of rotatable bonds is 7. The first kappa shape index (κ1) is 20.7. The summed E-state index contributed by atoms with van der Waals surface area (Å²) in [6.07, 6.45) is 1.27. The molecule has 1 fully saturated rings. The monoisotopic (exact) mass is 384 g/mol. The Hall–Kier alpha value is -1.64. The number of carbonyl (C=O) groups is 1. The first-order valence-corrected chi connectivity index (χ1v) is 10.3. The van der Waals surface area contributed by atoms with Gasteiger partial charge in [0, 0.05) is 19.1 Å². The maximum atomic E-state index is 13.0. The maximum absolute atomic E-state index is 13.0. The molecule has 0 atom stereocenters. The number of aryl methyl sites for hydroxylation is 2. The Morgan fingerprint density at radius 1 is 1.27 bits per heavy atom. The van der Waals surface area contributed by atoms with Crippen molar-refractivity contribution in [2.45, 2.75) is 44.6 Å². The maximum Gasteiger partial charge on any atom is 0.317 e. The van der Waals surface area contributed by atoms with E-state index in [2.05, 4.69) is 0 Å². The van der Waals surface area contributed by atoms with E-state index in [9.17, 15) is 13.2 Å². The van der Waals surface area contributed by atoms with E-state index in [1.165, 1.54) is 4.31 Å². The van der Waals surface area contributed by atoms with E-state index in [0.29, 0.717) is 38.2 Å². The van der Waals surface area contributed by atoms with Crippen molar-refractivity contribution < 1.29 is 23.1 Å². The lowest BCUT2D eigenvalue weighted by Crippen LogP contribution is -2.48. The fourth-order valence-electron chi connectivity index (χ4n) is 3.65. The van der Waals surface area contributed by atoms with Crippen molar-refractivity contribution >= 4 is 16.0 Å². The first-order chi connectivity index (χ1) is 12.2. The highest BCUT2D eigenvalue weighted by molar-refractivity contribution is 7.89. The Bertz CT molecular complexity index is 732. The van der Waals surface area contributed by atoms with Gasteiger partial charge in [-0.05, 0) is 56.5 Å². The summed E-state index contributed by atoms with van der Waals surface area (Å²) in [6.45, 7) is 7.02. The topological polar surface area (TPSA) is 87.2 Å². The molecule has 0 amide bonds. The highest BCUT2D eigenvalue weighted by Gasteiger charge is 2.32. The minimum Gasteiger partial charge on any atom is -0.496 e. The lowest BCUT2D eigenvalue weighted by atomic mass is 10.0. The number of likely N-dealkylation sites (N-methyl/N-ethyl adjacent to an activating group) is 1. The molecule has 1 N–H and O–H groups in total. The van der Waals surface area contributed by atoms with Gasteiger partial charge < -0.3 is 9.84 Å². The zero-order valence-electron chi connectivity index (χ0n) is 15.9. The largest absolute Gasteiger partial charge is 0.496 e. The number of aliphatic carboxylic acids is 1. The normalized spacial score (nSPS) is 16.8. The van der Waals surface area contributed by atoms with E-state index in [4.69, 9.17) is 9.84 Å². The average molecular weight is 384 g/mol. The number of nitrogens with zero attached hydrogens (tertiary/aromatic N) is 2. The molecule has 1 saturated heterocycles. The van der Waals surface area contributed by atoms with Gasteiger partial charge in [0.05, 0.1) is 18.6 Å². The van der Waals surface area contributed by atoms with Crippen molar-refractivity contribution in [3.8, 4) is 5.75 Å². The van der Waals surface area contributed by atoms with Gasteiger partial charge in [-0.2, -0.15) is 4.31 Å². The average Bonchev–Trinajstić information content (AvgIpc) is 2.59. The Labute approximate surface area is 155 Å². The molecular formula is C18H28N2O5S. The van der Waals surface area contributed by atoms with E-state index in [-0.39, 0.29) is 17.5 Å². The third-order valence-electron chi connectivity index (χ3n) is 4.96. The molecule has 2 rings (SSSR count). The molecule has 0 radical (unpaired) electrons. The van der Waals surface area contributed by atoms with E-state index in [1.54, 1.807) is 19.2 Å². The number of ether oxygens (including phenoxy) is 1. The highest BCUT2D eigenvalue weighted by Crippen LogP contribution is 2.29. The third-order valence-corrected chi connectivity index (χ3v) is 6.84. The number of hydrogen-bond acceptors (Lipinski definition) is 5. The summed E-state index contributed by atoms with van der Waals surface area (Å²) < 4.78 is 32.8. The van der Waals surface area contributed by atoms with Crippen molar-refractivity contribution in [1.82, 2.24) is 9.21 Å². The molecule has 7 nitrogen and oxygen atoms in total. The molecule has 0 saturated carbocycles. The van der Waals surface area contributed by atoms with Crippen molar-refractivity contribution in [1.29, 1.82) is 0 Å². The highest BCUT2D eigenvalue weighted by atomic mass is 32.2. The van der Waals surface area contributed by atoms with E-state index < -0.39 is 16.0 Å². The predicted molar refractivity (Wildman–Crippen MR) is 99.1 cm³/mol. The first-order valence-electron chi connectivity index (χ1n) is 8.82. The molecule has 146 valence electrons. The molecule has 0 bridgehead atoms. The molecule has 26 heavy (non-hydrogen) atoms.